The number of nitrogens with zero attached hydrogens (tertiary/aromatic N) is 3. The second kappa shape index (κ2) is 10.3. The van der Waals surface area contributed by atoms with E-state index in [1.54, 1.807) is 9.80 Å². The van der Waals surface area contributed by atoms with Crippen LogP contribution in [0.4, 0.5) is 4.39 Å². The van der Waals surface area contributed by atoms with Gasteiger partial charge < -0.3 is 14.5 Å². The number of rotatable bonds is 6. The van der Waals surface area contributed by atoms with E-state index in [0.717, 1.165) is 22.4 Å². The number of amides is 2. The number of hydrogen-bond acceptors (Lipinski definition) is 5. The molecule has 9 heteroatoms. The molecule has 0 N–H and O–H groups in total. The summed E-state index contributed by atoms with van der Waals surface area (Å²) < 4.78 is 18.9. The molecule has 0 aliphatic carbocycles. The summed E-state index contributed by atoms with van der Waals surface area (Å²) in [6.45, 7) is 4.13. The largest absolute Gasteiger partial charge is 0.493 e. The lowest BCUT2D eigenvalue weighted by Gasteiger charge is -2.35. The van der Waals surface area contributed by atoms with Gasteiger partial charge in [0, 0.05) is 31.6 Å². The molecule has 6 nitrogen and oxygen atoms in total. The predicted octanol–water partition coefficient (Wildman–Crippen LogP) is 4.53. The van der Waals surface area contributed by atoms with E-state index in [9.17, 15) is 14.0 Å². The number of halogens is 2. The molecule has 1 aromatic heterocycles. The Morgan fingerprint density at radius 2 is 1.85 bits per heavy atom. The summed E-state index contributed by atoms with van der Waals surface area (Å²) in [6, 6.07) is 11.5. The van der Waals surface area contributed by atoms with Gasteiger partial charge in [0.15, 0.2) is 0 Å². The van der Waals surface area contributed by atoms with Crippen molar-refractivity contribution in [2.45, 2.75) is 13.3 Å². The van der Waals surface area contributed by atoms with E-state index in [-0.39, 0.29) is 28.8 Å². The van der Waals surface area contributed by atoms with Gasteiger partial charge in [0.05, 0.1) is 34.9 Å². The molecule has 1 aliphatic heterocycles. The molecule has 1 fully saturated rings. The Bertz CT molecular complexity index is 1160. The predicted molar refractivity (Wildman–Crippen MR) is 126 cm³/mol. The molecular formula is C24H23ClFN3O3S. The summed E-state index contributed by atoms with van der Waals surface area (Å²) in [5.41, 5.74) is 1.89. The number of carbonyl (C=O) groups is 2. The first-order valence-corrected chi connectivity index (χ1v) is 11.9. The van der Waals surface area contributed by atoms with Crippen LogP contribution in [0.1, 0.15) is 23.0 Å². The highest BCUT2D eigenvalue weighted by Crippen LogP contribution is 2.32. The van der Waals surface area contributed by atoms with Crippen molar-refractivity contribution < 1.29 is 18.7 Å². The van der Waals surface area contributed by atoms with E-state index in [2.05, 4.69) is 4.98 Å². The molecule has 172 valence electrons. The molecule has 0 atom stereocenters. The van der Waals surface area contributed by atoms with E-state index in [4.69, 9.17) is 16.3 Å². The number of aromatic nitrogens is 1. The Labute approximate surface area is 200 Å². The van der Waals surface area contributed by atoms with Crippen LogP contribution in [0.2, 0.25) is 5.02 Å². The van der Waals surface area contributed by atoms with Crippen LogP contribution in [0, 0.1) is 5.82 Å². The average molecular weight is 488 g/mol. The zero-order chi connectivity index (χ0) is 23.4. The van der Waals surface area contributed by atoms with Crippen LogP contribution in [-0.4, -0.2) is 59.4 Å². The van der Waals surface area contributed by atoms with Crippen molar-refractivity contribution in [1.82, 2.24) is 14.8 Å². The van der Waals surface area contributed by atoms with E-state index in [1.807, 2.05) is 36.6 Å². The standard InChI is InChI=1S/C24H23ClFN3O3S/c1-2-32-21-6-4-3-5-19(21)23-27-17(15-33-23)14-22(30)28-9-11-29(12-10-28)24(31)18-8-7-16(26)13-20(18)25/h3-8,13,15H,2,9-12,14H2,1H3. The molecule has 0 saturated carbocycles. The van der Waals surface area contributed by atoms with Crippen molar-refractivity contribution in [2.24, 2.45) is 0 Å². The molecule has 2 aromatic carbocycles. The molecule has 33 heavy (non-hydrogen) atoms. The third-order valence-electron chi connectivity index (χ3n) is 5.38. The smallest absolute Gasteiger partial charge is 0.255 e. The van der Waals surface area contributed by atoms with Crippen LogP contribution in [0.25, 0.3) is 10.6 Å². The van der Waals surface area contributed by atoms with Gasteiger partial charge in [0.2, 0.25) is 5.91 Å². The first kappa shape index (κ1) is 23.2. The highest BCUT2D eigenvalue weighted by molar-refractivity contribution is 7.13. The SMILES string of the molecule is CCOc1ccccc1-c1nc(CC(=O)N2CCN(C(=O)c3ccc(F)cc3Cl)CC2)cs1. The second-order valence-electron chi connectivity index (χ2n) is 7.55. The molecule has 2 heterocycles. The number of hydrogen-bond donors (Lipinski definition) is 0. The lowest BCUT2D eigenvalue weighted by Crippen LogP contribution is -2.51. The van der Waals surface area contributed by atoms with Gasteiger partial charge in [-0.1, -0.05) is 23.7 Å². The molecule has 2 amide bonds. The Morgan fingerprint density at radius 3 is 2.58 bits per heavy atom. The van der Waals surface area contributed by atoms with Gasteiger partial charge >= 0.3 is 0 Å². The maximum absolute atomic E-state index is 13.3. The van der Waals surface area contributed by atoms with Crippen molar-refractivity contribution in [3.05, 3.63) is 69.9 Å². The van der Waals surface area contributed by atoms with Crippen molar-refractivity contribution in [1.29, 1.82) is 0 Å². The number of carbonyl (C=O) groups excluding carboxylic acids is 2. The molecule has 4 rings (SSSR count). The Morgan fingerprint density at radius 1 is 1.12 bits per heavy atom. The number of ether oxygens (including phenoxy) is 1. The Balaban J connectivity index is 1.35. The minimum absolute atomic E-state index is 0.0307. The number of thiazole rings is 1. The van der Waals surface area contributed by atoms with Crippen molar-refractivity contribution in [2.75, 3.05) is 32.8 Å². The number of piperazine rings is 1. The average Bonchev–Trinajstić information content (AvgIpc) is 3.27. The molecule has 0 unspecified atom stereocenters. The van der Waals surface area contributed by atoms with Gasteiger partial charge in [-0.25, -0.2) is 9.37 Å². The lowest BCUT2D eigenvalue weighted by atomic mass is 10.1. The molecule has 0 spiro atoms. The highest BCUT2D eigenvalue weighted by atomic mass is 35.5. The van der Waals surface area contributed by atoms with Gasteiger partial charge in [-0.05, 0) is 37.3 Å². The zero-order valence-electron chi connectivity index (χ0n) is 18.1. The Hall–Kier alpha value is -2.97. The molecule has 0 bridgehead atoms. The monoisotopic (exact) mass is 487 g/mol. The van der Waals surface area contributed by atoms with Gasteiger partial charge in [0.1, 0.15) is 16.6 Å². The van der Waals surface area contributed by atoms with E-state index in [1.165, 1.54) is 23.5 Å². The first-order chi connectivity index (χ1) is 16.0. The molecular weight excluding hydrogens is 465 g/mol. The van der Waals surface area contributed by atoms with Crippen molar-refractivity contribution in [3.63, 3.8) is 0 Å². The summed E-state index contributed by atoms with van der Waals surface area (Å²) in [7, 11) is 0. The number of benzene rings is 2. The van der Waals surface area contributed by atoms with Gasteiger partial charge in [-0.2, -0.15) is 0 Å². The van der Waals surface area contributed by atoms with Crippen LogP contribution in [0.3, 0.4) is 0 Å². The maximum atomic E-state index is 13.3. The normalized spacial score (nSPS) is 13.8. The summed E-state index contributed by atoms with van der Waals surface area (Å²) in [5, 5.41) is 2.80. The summed E-state index contributed by atoms with van der Waals surface area (Å²) in [4.78, 5) is 33.5. The van der Waals surface area contributed by atoms with E-state index in [0.29, 0.717) is 38.5 Å². The number of para-hydroxylation sites is 1. The quantitative estimate of drug-likeness (QED) is 0.512. The van der Waals surface area contributed by atoms with Gasteiger partial charge in [-0.3, -0.25) is 9.59 Å². The third-order valence-corrected chi connectivity index (χ3v) is 6.62. The summed E-state index contributed by atoms with van der Waals surface area (Å²) in [5.74, 6) is -0.00567. The first-order valence-electron chi connectivity index (χ1n) is 10.6. The topological polar surface area (TPSA) is 62.7 Å². The summed E-state index contributed by atoms with van der Waals surface area (Å²) >= 11 is 7.50. The third kappa shape index (κ3) is 5.34. The van der Waals surface area contributed by atoms with Gasteiger partial charge in [-0.15, -0.1) is 11.3 Å². The minimum Gasteiger partial charge on any atom is -0.493 e. The fraction of sp³-hybridized carbons (Fsp3) is 0.292. The summed E-state index contributed by atoms with van der Waals surface area (Å²) in [6.07, 6.45) is 0.199. The lowest BCUT2D eigenvalue weighted by molar-refractivity contribution is -0.132. The van der Waals surface area contributed by atoms with Crippen molar-refractivity contribution in [3.8, 4) is 16.3 Å². The fourth-order valence-electron chi connectivity index (χ4n) is 3.70. The van der Waals surface area contributed by atoms with Crippen LogP contribution in [0.5, 0.6) is 5.75 Å². The maximum Gasteiger partial charge on any atom is 0.255 e. The van der Waals surface area contributed by atoms with Crippen LogP contribution < -0.4 is 4.74 Å². The van der Waals surface area contributed by atoms with Crippen molar-refractivity contribution >= 4 is 34.8 Å². The second-order valence-corrected chi connectivity index (χ2v) is 8.81. The van der Waals surface area contributed by atoms with Crippen LogP contribution in [-0.2, 0) is 11.2 Å². The van der Waals surface area contributed by atoms with E-state index >= 15 is 0 Å². The molecule has 0 radical (unpaired) electrons. The zero-order valence-corrected chi connectivity index (χ0v) is 19.7. The minimum atomic E-state index is -0.487. The van der Waals surface area contributed by atoms with Gasteiger partial charge in [0.25, 0.3) is 5.91 Å². The fourth-order valence-corrected chi connectivity index (χ4v) is 4.79. The Kier molecular flexibility index (Phi) is 7.25. The molecule has 1 saturated heterocycles. The van der Waals surface area contributed by atoms with Crippen LogP contribution in [0.15, 0.2) is 47.8 Å². The van der Waals surface area contributed by atoms with E-state index < -0.39 is 5.82 Å². The highest BCUT2D eigenvalue weighted by Gasteiger charge is 2.26. The molecule has 1 aliphatic rings. The molecule has 3 aromatic rings. The van der Waals surface area contributed by atoms with Crippen LogP contribution >= 0.6 is 22.9 Å².